The van der Waals surface area contributed by atoms with E-state index in [9.17, 15) is 25.2 Å². The van der Waals surface area contributed by atoms with Crippen LogP contribution in [-0.2, 0) is 28.5 Å². The molecule has 48 heavy (non-hydrogen) atoms. The third-order valence-corrected chi connectivity index (χ3v) is 16.5. The molecule has 0 aromatic heterocycles. The third-order valence-electron chi connectivity index (χ3n) is 16.5. The standard InChI is InChI=1S/C38H60O10/c1-9-25(40)47-33(5,6)29-21-16-19(2)28-34(7)14-15-37-18-36(37)13-12-24(45-30-27(42)26(41)20(39)17-44-30)32(3,4)22(36)10-11-23(37)35(34,8)31(43)38(28,46-21)48-29/h19-24,26-31,39,41-43H,9-18H2,1-8H3/t19-,20-,21-,22+,23+,24+,26+,27-,28-,29+,30+,31-,34-,35-,36-,37+,38?/m1/s1. The number of rotatable bonds is 5. The topological polar surface area (TPSA) is 144 Å². The smallest absolute Gasteiger partial charge is 0.306 e. The van der Waals surface area contributed by atoms with E-state index < -0.39 is 53.6 Å². The maximum Gasteiger partial charge on any atom is 0.306 e. The van der Waals surface area contributed by atoms with E-state index in [1.165, 1.54) is 0 Å². The summed E-state index contributed by atoms with van der Waals surface area (Å²) < 4.78 is 32.1. The van der Waals surface area contributed by atoms with E-state index in [2.05, 4.69) is 34.6 Å². The summed E-state index contributed by atoms with van der Waals surface area (Å²) in [7, 11) is 0. The quantitative estimate of drug-likeness (QED) is 0.248. The van der Waals surface area contributed by atoms with Crippen molar-refractivity contribution in [2.75, 3.05) is 6.61 Å². The maximum atomic E-state index is 12.9. The lowest BCUT2D eigenvalue weighted by Gasteiger charge is -2.63. The predicted octanol–water partition coefficient (Wildman–Crippen LogP) is 4.08. The Morgan fingerprint density at radius 3 is 2.31 bits per heavy atom. The third kappa shape index (κ3) is 3.96. The van der Waals surface area contributed by atoms with Gasteiger partial charge in [-0.25, -0.2) is 0 Å². The fourth-order valence-electron chi connectivity index (χ4n) is 14.4. The number of aliphatic hydroxyl groups excluding tert-OH is 4. The molecule has 3 aliphatic heterocycles. The fourth-order valence-corrected chi connectivity index (χ4v) is 14.4. The van der Waals surface area contributed by atoms with Crippen LogP contribution in [0.1, 0.15) is 113 Å². The van der Waals surface area contributed by atoms with Gasteiger partial charge in [-0.05, 0) is 105 Å². The second kappa shape index (κ2) is 10.4. The number of ether oxygens (including phenoxy) is 5. The fraction of sp³-hybridized carbons (Fsp3) is 0.974. The van der Waals surface area contributed by atoms with E-state index in [0.717, 1.165) is 51.4 Å². The minimum absolute atomic E-state index is 0.0325. The highest BCUT2D eigenvalue weighted by atomic mass is 16.8. The van der Waals surface area contributed by atoms with Crippen LogP contribution in [0.25, 0.3) is 0 Å². The molecule has 17 atom stereocenters. The Labute approximate surface area is 285 Å². The van der Waals surface area contributed by atoms with Crippen LogP contribution in [0.3, 0.4) is 0 Å². The van der Waals surface area contributed by atoms with Crippen molar-refractivity contribution in [1.29, 1.82) is 0 Å². The molecule has 5 saturated carbocycles. The molecule has 0 amide bonds. The number of fused-ring (bicyclic) bond motifs is 4. The van der Waals surface area contributed by atoms with Gasteiger partial charge in [-0.15, -0.1) is 0 Å². The number of esters is 1. The van der Waals surface area contributed by atoms with Crippen LogP contribution in [0.15, 0.2) is 0 Å². The van der Waals surface area contributed by atoms with Gasteiger partial charge in [0.05, 0.1) is 18.8 Å². The average molecular weight is 677 g/mol. The minimum Gasteiger partial charge on any atom is -0.457 e. The summed E-state index contributed by atoms with van der Waals surface area (Å²) in [4.78, 5) is 12.4. The van der Waals surface area contributed by atoms with Crippen molar-refractivity contribution in [3.8, 4) is 0 Å². The lowest BCUT2D eigenvalue weighted by molar-refractivity contribution is -0.303. The van der Waals surface area contributed by atoms with E-state index in [0.29, 0.717) is 18.3 Å². The van der Waals surface area contributed by atoms with E-state index in [4.69, 9.17) is 23.7 Å². The number of hydrogen-bond donors (Lipinski definition) is 4. The molecule has 0 aromatic carbocycles. The molecular weight excluding hydrogens is 616 g/mol. The van der Waals surface area contributed by atoms with Crippen molar-refractivity contribution in [2.24, 2.45) is 50.7 Å². The minimum atomic E-state index is -1.29. The average Bonchev–Trinajstić information content (AvgIpc) is 3.54. The molecule has 3 spiro atoms. The summed E-state index contributed by atoms with van der Waals surface area (Å²) in [5.41, 5.74) is -1.36. The molecule has 8 fully saturated rings. The van der Waals surface area contributed by atoms with E-state index in [1.54, 1.807) is 6.92 Å². The van der Waals surface area contributed by atoms with Crippen LogP contribution >= 0.6 is 0 Å². The molecule has 272 valence electrons. The molecule has 8 aliphatic rings. The Kier molecular flexibility index (Phi) is 7.41. The zero-order valence-electron chi connectivity index (χ0n) is 30.2. The van der Waals surface area contributed by atoms with E-state index in [1.807, 2.05) is 13.8 Å². The summed E-state index contributed by atoms with van der Waals surface area (Å²) in [6, 6.07) is 0. The molecule has 3 heterocycles. The van der Waals surface area contributed by atoms with Crippen molar-refractivity contribution >= 4 is 5.97 Å². The zero-order chi connectivity index (χ0) is 34.6. The predicted molar refractivity (Wildman–Crippen MR) is 173 cm³/mol. The normalized spacial score (nSPS) is 57.8. The molecule has 8 rings (SSSR count). The summed E-state index contributed by atoms with van der Waals surface area (Å²) in [6.07, 6.45) is 2.02. The van der Waals surface area contributed by atoms with E-state index >= 15 is 0 Å². The molecule has 1 unspecified atom stereocenters. The van der Waals surface area contributed by atoms with Crippen molar-refractivity contribution in [1.82, 2.24) is 0 Å². The molecule has 0 aromatic rings. The van der Waals surface area contributed by atoms with Crippen LogP contribution in [0.4, 0.5) is 0 Å². The van der Waals surface area contributed by atoms with Gasteiger partial charge < -0.3 is 44.1 Å². The lowest BCUT2D eigenvalue weighted by atomic mass is 9.41. The SMILES string of the molecule is CCC(=O)OC(C)(C)[C@H]1OC23O[C@@H]1C[C@@H](C)[C@@H]2[C@@]1(C)CC[C@@]24C[C@@]25CC[C@H](O[C@@H]2OC[C@@H](O)[C@H](O)[C@H]2O)C(C)(C)[C@@H]5CC[C@H]4[C@]1(C)[C@H]3O. The van der Waals surface area contributed by atoms with Gasteiger partial charge in [0.1, 0.15) is 36.1 Å². The number of aliphatic hydroxyl groups is 4. The Morgan fingerprint density at radius 2 is 1.60 bits per heavy atom. The molecule has 0 radical (unpaired) electrons. The molecule has 10 heteroatoms. The molecule has 2 bridgehead atoms. The van der Waals surface area contributed by atoms with Crippen LogP contribution in [0, 0.1) is 50.7 Å². The molecule has 4 N–H and O–H groups in total. The van der Waals surface area contributed by atoms with Crippen LogP contribution in [0.5, 0.6) is 0 Å². The first-order chi connectivity index (χ1) is 22.4. The summed E-state index contributed by atoms with van der Waals surface area (Å²) in [5.74, 6) is -0.318. The van der Waals surface area contributed by atoms with Gasteiger partial charge in [-0.1, -0.05) is 41.5 Å². The Bertz CT molecular complexity index is 1340. The first kappa shape index (κ1) is 34.2. The van der Waals surface area contributed by atoms with Gasteiger partial charge in [0.15, 0.2) is 12.1 Å². The largest absolute Gasteiger partial charge is 0.457 e. The van der Waals surface area contributed by atoms with E-state index in [-0.39, 0.29) is 58.3 Å². The number of carbonyl (C=O) groups is 1. The van der Waals surface area contributed by atoms with Crippen LogP contribution in [-0.4, -0.2) is 93.4 Å². The van der Waals surface area contributed by atoms with Gasteiger partial charge >= 0.3 is 5.97 Å². The highest BCUT2D eigenvalue weighted by Crippen LogP contribution is 2.90. The van der Waals surface area contributed by atoms with Crippen molar-refractivity contribution < 1.29 is 48.9 Å². The first-order valence-electron chi connectivity index (χ1n) is 18.9. The van der Waals surface area contributed by atoms with Crippen LogP contribution < -0.4 is 0 Å². The second-order valence-corrected chi connectivity index (χ2v) is 19.0. The highest BCUT2D eigenvalue weighted by molar-refractivity contribution is 5.69. The molecule has 5 aliphatic carbocycles. The number of carbonyl (C=O) groups excluding carboxylic acids is 1. The molecule has 10 nitrogen and oxygen atoms in total. The van der Waals surface area contributed by atoms with Gasteiger partial charge in [-0.2, -0.15) is 0 Å². The maximum absolute atomic E-state index is 12.9. The summed E-state index contributed by atoms with van der Waals surface area (Å²) in [5, 5.41) is 43.8. The molecular formula is C38H60O10. The van der Waals surface area contributed by atoms with Gasteiger partial charge in [0, 0.05) is 17.8 Å². The summed E-state index contributed by atoms with van der Waals surface area (Å²) in [6.45, 7) is 17.3. The van der Waals surface area contributed by atoms with Crippen molar-refractivity contribution in [3.63, 3.8) is 0 Å². The van der Waals surface area contributed by atoms with Crippen molar-refractivity contribution in [2.45, 2.75) is 174 Å². The number of hydrogen-bond acceptors (Lipinski definition) is 10. The zero-order valence-corrected chi connectivity index (χ0v) is 30.2. The van der Waals surface area contributed by atoms with Crippen molar-refractivity contribution in [3.05, 3.63) is 0 Å². The van der Waals surface area contributed by atoms with Gasteiger partial charge in [0.25, 0.3) is 0 Å². The monoisotopic (exact) mass is 676 g/mol. The lowest BCUT2D eigenvalue weighted by Crippen LogP contribution is -2.61. The second-order valence-electron chi connectivity index (χ2n) is 19.0. The highest BCUT2D eigenvalue weighted by Gasteiger charge is 2.88. The first-order valence-corrected chi connectivity index (χ1v) is 18.9. The van der Waals surface area contributed by atoms with Gasteiger partial charge in [0.2, 0.25) is 0 Å². The Balaban J connectivity index is 1.08. The van der Waals surface area contributed by atoms with Crippen LogP contribution in [0.2, 0.25) is 0 Å². The summed E-state index contributed by atoms with van der Waals surface area (Å²) >= 11 is 0. The Hall–Kier alpha value is -0.850. The Morgan fingerprint density at radius 1 is 0.917 bits per heavy atom. The van der Waals surface area contributed by atoms with Gasteiger partial charge in [-0.3, -0.25) is 4.79 Å². The molecule has 3 saturated heterocycles.